The van der Waals surface area contributed by atoms with Crippen LogP contribution < -0.4 is 16.4 Å². The minimum absolute atomic E-state index is 0.00321. The number of aromatic nitrogens is 4. The number of nitrogens with zero attached hydrogens (tertiary/aromatic N) is 7. The number of fused-ring (bicyclic) bond motifs is 1. The summed E-state index contributed by atoms with van der Waals surface area (Å²) >= 11 is 1.43. The van der Waals surface area contributed by atoms with Crippen LogP contribution in [0.1, 0.15) is 20.3 Å². The summed E-state index contributed by atoms with van der Waals surface area (Å²) in [5.41, 5.74) is 5.50. The third kappa shape index (κ3) is 6.01. The fraction of sp³-hybridized carbons (Fsp3) is 0.720. The molecule has 5 rings (SSSR count). The summed E-state index contributed by atoms with van der Waals surface area (Å²) < 4.78 is 1.27. The minimum Gasteiger partial charge on any atom is -0.477 e. The van der Waals surface area contributed by atoms with E-state index in [1.54, 1.807) is 6.92 Å². The molecule has 0 bridgehead atoms. The van der Waals surface area contributed by atoms with Gasteiger partial charge in [-0.1, -0.05) is 6.92 Å². The molecular weight excluding hydrogens is 568 g/mol. The largest absolute Gasteiger partial charge is 0.477 e. The molecule has 1 aromatic heterocycles. The number of carbonyl (C=O) groups excluding carboxylic acids is 3. The SMILES string of the molecule is C[C@@H](NC(=O)Cn1cnnn1)[C@H]1C(=O)N2C(C(=O)O)=C(SC3CNC(C(=O)N4CCN(C[C@H](O)CN)CC4)C3)[C@H](C)[C@@H]12. The van der Waals surface area contributed by atoms with E-state index in [0.717, 1.165) is 0 Å². The number of carboxylic acids is 1. The molecule has 230 valence electrons. The Labute approximate surface area is 247 Å². The molecule has 3 saturated heterocycles. The quantitative estimate of drug-likeness (QED) is 0.158. The number of carbonyl (C=O) groups is 4. The van der Waals surface area contributed by atoms with Crippen LogP contribution in [0.3, 0.4) is 0 Å². The van der Waals surface area contributed by atoms with Crippen molar-refractivity contribution in [2.45, 2.75) is 56.3 Å². The van der Waals surface area contributed by atoms with Crippen LogP contribution in [0.15, 0.2) is 16.9 Å². The van der Waals surface area contributed by atoms with E-state index in [9.17, 15) is 29.4 Å². The number of thioether (sulfide) groups is 1. The van der Waals surface area contributed by atoms with Gasteiger partial charge in [0.05, 0.1) is 24.1 Å². The molecule has 0 aliphatic carbocycles. The van der Waals surface area contributed by atoms with Crippen molar-refractivity contribution in [1.29, 1.82) is 0 Å². The number of rotatable bonds is 11. The van der Waals surface area contributed by atoms with Crippen LogP contribution in [-0.2, 0) is 25.7 Å². The average molecular weight is 607 g/mol. The van der Waals surface area contributed by atoms with Gasteiger partial charge in [0.15, 0.2) is 0 Å². The van der Waals surface area contributed by atoms with Gasteiger partial charge in [0.2, 0.25) is 17.7 Å². The van der Waals surface area contributed by atoms with Crippen LogP contribution in [-0.4, -0.2) is 144 Å². The maximum absolute atomic E-state index is 13.2. The van der Waals surface area contributed by atoms with Crippen molar-refractivity contribution >= 4 is 35.5 Å². The normalized spacial score (nSPS) is 29.3. The molecule has 3 fully saturated rings. The molecule has 17 heteroatoms. The Bertz CT molecular complexity index is 1220. The third-order valence-corrected chi connectivity index (χ3v) is 10.0. The summed E-state index contributed by atoms with van der Waals surface area (Å²) in [4.78, 5) is 57.1. The molecule has 7 atom stereocenters. The number of hydrogen-bond donors (Lipinski definition) is 5. The standard InChI is InChI=1S/C25H38N10O6S/c1-13-20-19(14(2)29-18(37)11-34-12-28-30-31-34)24(39)35(20)21(25(40)41)22(13)42-16-7-17(27-9-16)23(38)33-5-3-32(4-6-33)10-15(36)8-26/h12-17,19-20,27,36H,3-11,26H2,1-2H3,(H,29,37)(H,40,41)/t13-,14-,15-,16?,17?,19-,20+/m1/s1. The number of nitrogens with two attached hydrogens (primary N) is 1. The number of amides is 3. The lowest BCUT2D eigenvalue weighted by Gasteiger charge is -2.47. The first-order valence-corrected chi connectivity index (χ1v) is 15.1. The van der Waals surface area contributed by atoms with Crippen LogP contribution in [0.2, 0.25) is 0 Å². The average Bonchev–Trinajstić information content (AvgIpc) is 3.69. The minimum atomic E-state index is -1.16. The van der Waals surface area contributed by atoms with Crippen LogP contribution in [0.5, 0.6) is 0 Å². The van der Waals surface area contributed by atoms with E-state index >= 15 is 0 Å². The number of tetrazole rings is 1. The van der Waals surface area contributed by atoms with Gasteiger partial charge in [0, 0.05) is 67.9 Å². The molecule has 2 unspecified atom stereocenters. The summed E-state index contributed by atoms with van der Waals surface area (Å²) in [6.07, 6.45) is 1.29. The van der Waals surface area contributed by atoms with Crippen LogP contribution in [0.4, 0.5) is 0 Å². The van der Waals surface area contributed by atoms with E-state index < -0.39 is 24.0 Å². The van der Waals surface area contributed by atoms with Gasteiger partial charge >= 0.3 is 5.97 Å². The van der Waals surface area contributed by atoms with Crippen molar-refractivity contribution in [3.05, 3.63) is 16.9 Å². The zero-order valence-corrected chi connectivity index (χ0v) is 24.4. The van der Waals surface area contributed by atoms with Crippen molar-refractivity contribution in [2.24, 2.45) is 17.6 Å². The van der Waals surface area contributed by atoms with Crippen molar-refractivity contribution in [2.75, 3.05) is 45.8 Å². The summed E-state index contributed by atoms with van der Waals surface area (Å²) in [6, 6.07) is -1.26. The lowest BCUT2D eigenvalue weighted by Crippen LogP contribution is -2.66. The number of hydrogen-bond acceptors (Lipinski definition) is 12. The van der Waals surface area contributed by atoms with Crippen LogP contribution in [0, 0.1) is 11.8 Å². The Hall–Kier alpha value is -3.12. The maximum Gasteiger partial charge on any atom is 0.353 e. The number of aliphatic carboxylic acids is 1. The Morgan fingerprint density at radius 1 is 1.26 bits per heavy atom. The van der Waals surface area contributed by atoms with E-state index in [0.29, 0.717) is 50.6 Å². The highest BCUT2D eigenvalue weighted by Gasteiger charge is 2.60. The molecule has 0 radical (unpaired) electrons. The highest BCUT2D eigenvalue weighted by Crippen LogP contribution is 2.51. The first-order chi connectivity index (χ1) is 20.1. The highest BCUT2D eigenvalue weighted by atomic mass is 32.2. The highest BCUT2D eigenvalue weighted by molar-refractivity contribution is 8.03. The fourth-order valence-electron chi connectivity index (χ4n) is 6.39. The second-order valence-corrected chi connectivity index (χ2v) is 12.7. The van der Waals surface area contributed by atoms with Crippen molar-refractivity contribution in [3.8, 4) is 0 Å². The molecule has 0 saturated carbocycles. The Balaban J connectivity index is 1.17. The predicted octanol–water partition coefficient (Wildman–Crippen LogP) is -3.12. The Kier molecular flexibility index (Phi) is 9.12. The van der Waals surface area contributed by atoms with Gasteiger partial charge in [-0.3, -0.25) is 19.3 Å². The summed E-state index contributed by atoms with van der Waals surface area (Å²) in [6.45, 7) is 7.28. The number of nitrogens with one attached hydrogen (secondary N) is 2. The lowest BCUT2D eigenvalue weighted by atomic mass is 9.78. The van der Waals surface area contributed by atoms with Crippen LogP contribution in [0.25, 0.3) is 0 Å². The zero-order valence-electron chi connectivity index (χ0n) is 23.6. The predicted molar refractivity (Wildman–Crippen MR) is 149 cm³/mol. The number of β-lactam (4-membered cyclic amide) rings is 1. The maximum atomic E-state index is 13.2. The number of carboxylic acid groups (broad SMARTS) is 1. The van der Waals surface area contributed by atoms with Crippen molar-refractivity contribution < 1.29 is 29.4 Å². The van der Waals surface area contributed by atoms with E-state index in [1.165, 1.54) is 27.7 Å². The van der Waals surface area contributed by atoms with E-state index in [2.05, 4.69) is 31.1 Å². The summed E-state index contributed by atoms with van der Waals surface area (Å²) in [7, 11) is 0. The van der Waals surface area contributed by atoms with E-state index in [1.807, 2.05) is 11.8 Å². The van der Waals surface area contributed by atoms with Crippen LogP contribution >= 0.6 is 11.8 Å². The molecular formula is C25H38N10O6S. The Morgan fingerprint density at radius 3 is 2.64 bits per heavy atom. The van der Waals surface area contributed by atoms with Gasteiger partial charge in [-0.2, -0.15) is 0 Å². The zero-order chi connectivity index (χ0) is 30.1. The summed E-state index contributed by atoms with van der Waals surface area (Å²) in [5.74, 6) is -2.62. The molecule has 5 heterocycles. The molecule has 0 spiro atoms. The van der Waals surface area contributed by atoms with Crippen molar-refractivity contribution in [1.82, 2.24) is 45.5 Å². The van der Waals surface area contributed by atoms with E-state index in [4.69, 9.17) is 5.73 Å². The first-order valence-electron chi connectivity index (χ1n) is 14.2. The molecule has 0 aromatic carbocycles. The monoisotopic (exact) mass is 606 g/mol. The summed E-state index contributed by atoms with van der Waals surface area (Å²) in [5, 5.41) is 36.6. The fourth-order valence-corrected chi connectivity index (χ4v) is 7.87. The first kappa shape index (κ1) is 30.3. The smallest absolute Gasteiger partial charge is 0.353 e. The number of aliphatic hydroxyl groups is 1. The number of piperazine rings is 1. The van der Waals surface area contributed by atoms with Gasteiger partial charge in [0.25, 0.3) is 0 Å². The molecule has 16 nitrogen and oxygen atoms in total. The topological polar surface area (TPSA) is 212 Å². The molecule has 4 aliphatic rings. The van der Waals surface area contributed by atoms with Gasteiger partial charge in [-0.25, -0.2) is 9.48 Å². The Morgan fingerprint density at radius 2 is 2.00 bits per heavy atom. The lowest BCUT2D eigenvalue weighted by molar-refractivity contribution is -0.158. The second-order valence-electron chi connectivity index (χ2n) is 11.3. The molecule has 3 amide bonds. The van der Waals surface area contributed by atoms with E-state index in [-0.39, 0.29) is 59.8 Å². The molecule has 42 heavy (non-hydrogen) atoms. The second kappa shape index (κ2) is 12.6. The van der Waals surface area contributed by atoms with Gasteiger partial charge in [0.1, 0.15) is 18.6 Å². The third-order valence-electron chi connectivity index (χ3n) is 8.52. The van der Waals surface area contributed by atoms with Gasteiger partial charge in [-0.05, 0) is 23.8 Å². The van der Waals surface area contributed by atoms with Gasteiger partial charge in [-0.15, -0.1) is 16.9 Å². The number of β-amino-alcohol motifs (C(OH)–C–C–N with tert-alkyl or cyclic N) is 1. The van der Waals surface area contributed by atoms with Gasteiger partial charge < -0.3 is 36.4 Å². The molecule has 4 aliphatic heterocycles. The van der Waals surface area contributed by atoms with Crippen molar-refractivity contribution in [3.63, 3.8) is 0 Å². The number of aliphatic hydroxyl groups excluding tert-OH is 1. The molecule has 6 N–H and O–H groups in total. The molecule has 1 aromatic rings.